The molecule has 0 aliphatic carbocycles. The van der Waals surface area contributed by atoms with E-state index in [-0.39, 0.29) is 36.2 Å². The predicted octanol–water partition coefficient (Wildman–Crippen LogP) is 10.5. The first-order valence-electron chi connectivity index (χ1n) is 20.4. The van der Waals surface area contributed by atoms with Crippen LogP contribution >= 0.6 is 0 Å². The van der Waals surface area contributed by atoms with E-state index in [1.807, 2.05) is 21.1 Å². The Balaban J connectivity index is 4.32. The average Bonchev–Trinajstić information content (AvgIpc) is 3.06. The van der Waals surface area contributed by atoms with Crippen LogP contribution in [0.2, 0.25) is 0 Å². The maximum Gasteiger partial charge on any atom is 0.362 e. The van der Waals surface area contributed by atoms with Gasteiger partial charge in [-0.1, -0.05) is 134 Å². The summed E-state index contributed by atoms with van der Waals surface area (Å²) in [4.78, 5) is 36.8. The number of hydrogen-bond donors (Lipinski definition) is 1. The Bertz CT molecular complexity index is 880. The van der Waals surface area contributed by atoms with Crippen LogP contribution in [0.1, 0.15) is 174 Å². The number of allylic oxidation sites excluding steroid dienone is 4. The fourth-order valence-electron chi connectivity index (χ4n) is 5.89. The third kappa shape index (κ3) is 31.8. The number of carbonyl (C=O) groups excluding carboxylic acids is 2. The number of hydrogen-bond acceptors (Lipinski definition) is 6. The number of carboxylic acids is 1. The van der Waals surface area contributed by atoms with Crippen LogP contribution < -0.4 is 0 Å². The van der Waals surface area contributed by atoms with Gasteiger partial charge in [-0.15, -0.1) is 0 Å². The Morgan fingerprint density at radius 2 is 1.06 bits per heavy atom. The van der Waals surface area contributed by atoms with Gasteiger partial charge in [0.2, 0.25) is 0 Å². The molecule has 0 aliphatic heterocycles. The molecular formula is C42H78NO7+. The van der Waals surface area contributed by atoms with Gasteiger partial charge in [-0.2, -0.15) is 0 Å². The fourth-order valence-corrected chi connectivity index (χ4v) is 5.89. The molecule has 0 bridgehead atoms. The van der Waals surface area contributed by atoms with Crippen LogP contribution in [0.5, 0.6) is 0 Å². The lowest BCUT2D eigenvalue weighted by Crippen LogP contribution is -2.50. The van der Waals surface area contributed by atoms with Crippen molar-refractivity contribution in [1.29, 1.82) is 0 Å². The van der Waals surface area contributed by atoms with Crippen LogP contribution in [-0.2, 0) is 28.6 Å². The van der Waals surface area contributed by atoms with Crippen molar-refractivity contribution in [3.05, 3.63) is 24.3 Å². The molecule has 0 radical (unpaired) electrons. The minimum absolute atomic E-state index is 0.0519. The largest absolute Gasteiger partial charge is 0.477 e. The molecule has 0 fully saturated rings. The van der Waals surface area contributed by atoms with Gasteiger partial charge in [-0.3, -0.25) is 9.59 Å². The Hall–Kier alpha value is -2.19. The normalized spacial score (nSPS) is 13.2. The first kappa shape index (κ1) is 47.8. The van der Waals surface area contributed by atoms with Crippen molar-refractivity contribution in [3.63, 3.8) is 0 Å². The van der Waals surface area contributed by atoms with Gasteiger partial charge in [0.25, 0.3) is 0 Å². The lowest BCUT2D eigenvalue weighted by Gasteiger charge is -2.31. The van der Waals surface area contributed by atoms with E-state index in [1.165, 1.54) is 89.9 Å². The highest BCUT2D eigenvalue weighted by molar-refractivity contribution is 5.72. The summed E-state index contributed by atoms with van der Waals surface area (Å²) in [6.07, 6.45) is 35.0. The van der Waals surface area contributed by atoms with Crippen LogP contribution in [0, 0.1) is 0 Å². The second-order valence-electron chi connectivity index (χ2n) is 14.9. The molecular weight excluding hydrogens is 630 g/mol. The number of aliphatic carboxylic acids is 1. The van der Waals surface area contributed by atoms with Crippen molar-refractivity contribution in [2.45, 2.75) is 187 Å². The van der Waals surface area contributed by atoms with Crippen molar-refractivity contribution in [3.8, 4) is 0 Å². The standard InChI is InChI=1S/C42H77NO7/c1-6-8-10-12-14-16-17-18-19-20-21-22-23-25-26-28-30-32-40(44)49-37-38(36-48-35-34-39(42(46)47)43(3,4)5)50-41(45)33-31-29-27-24-15-13-11-9-7-2/h14,16,18-19,38-39H,6-13,15,17,20-37H2,1-5H3/p+1/b16-14+,19-18+. The van der Waals surface area contributed by atoms with E-state index >= 15 is 0 Å². The topological polar surface area (TPSA) is 99.1 Å². The van der Waals surface area contributed by atoms with Crippen molar-refractivity contribution >= 4 is 17.9 Å². The van der Waals surface area contributed by atoms with Gasteiger partial charge >= 0.3 is 17.9 Å². The maximum absolute atomic E-state index is 12.6. The number of carbonyl (C=O) groups is 3. The van der Waals surface area contributed by atoms with Crippen LogP contribution in [0.15, 0.2) is 24.3 Å². The molecule has 0 heterocycles. The summed E-state index contributed by atoms with van der Waals surface area (Å²) in [5, 5.41) is 9.58. The zero-order valence-corrected chi connectivity index (χ0v) is 33.1. The highest BCUT2D eigenvalue weighted by Crippen LogP contribution is 2.14. The second kappa shape index (κ2) is 33.9. The molecule has 0 saturated heterocycles. The fraction of sp³-hybridized carbons (Fsp3) is 0.833. The summed E-state index contributed by atoms with van der Waals surface area (Å²) in [6, 6.07) is -0.611. The molecule has 8 heteroatoms. The third-order valence-electron chi connectivity index (χ3n) is 9.10. The number of nitrogens with zero attached hydrogens (tertiary/aromatic N) is 1. The zero-order valence-electron chi connectivity index (χ0n) is 33.1. The Kier molecular flexibility index (Phi) is 32.4. The van der Waals surface area contributed by atoms with Gasteiger partial charge in [0.1, 0.15) is 6.61 Å². The summed E-state index contributed by atoms with van der Waals surface area (Å²) in [5.41, 5.74) is 0. The number of unbranched alkanes of at least 4 members (excludes halogenated alkanes) is 18. The van der Waals surface area contributed by atoms with E-state index in [0.29, 0.717) is 19.3 Å². The zero-order chi connectivity index (χ0) is 37.1. The second-order valence-corrected chi connectivity index (χ2v) is 14.9. The third-order valence-corrected chi connectivity index (χ3v) is 9.10. The maximum atomic E-state index is 12.6. The van der Waals surface area contributed by atoms with Gasteiger partial charge < -0.3 is 23.8 Å². The van der Waals surface area contributed by atoms with Crippen molar-refractivity contribution < 1.29 is 38.2 Å². The molecule has 2 atom stereocenters. The molecule has 0 rings (SSSR count). The molecule has 292 valence electrons. The molecule has 50 heavy (non-hydrogen) atoms. The molecule has 0 amide bonds. The van der Waals surface area contributed by atoms with Gasteiger partial charge in [0.05, 0.1) is 34.4 Å². The molecule has 0 aliphatic rings. The summed E-state index contributed by atoms with van der Waals surface area (Å²) in [7, 11) is 5.52. The Morgan fingerprint density at radius 1 is 0.600 bits per heavy atom. The van der Waals surface area contributed by atoms with Crippen LogP contribution in [0.25, 0.3) is 0 Å². The van der Waals surface area contributed by atoms with E-state index in [9.17, 15) is 19.5 Å². The number of carboxylic acid groups (broad SMARTS) is 1. The van der Waals surface area contributed by atoms with Gasteiger partial charge in [-0.25, -0.2) is 4.79 Å². The summed E-state index contributed by atoms with van der Waals surface area (Å²) >= 11 is 0. The molecule has 0 saturated carbocycles. The molecule has 0 aromatic heterocycles. The number of likely N-dealkylation sites (N-methyl/N-ethyl adjacent to an activating group) is 1. The SMILES string of the molecule is CCCCC/C=C/C/C=C/CCCCCCCCCC(=O)OCC(COCCC(C(=O)O)[N+](C)(C)C)OC(=O)CCCCCCCCCCC. The van der Waals surface area contributed by atoms with Crippen molar-refractivity contribution in [1.82, 2.24) is 0 Å². The average molecular weight is 709 g/mol. The molecule has 1 N–H and O–H groups in total. The number of esters is 2. The smallest absolute Gasteiger partial charge is 0.362 e. The van der Waals surface area contributed by atoms with Gasteiger partial charge in [0.15, 0.2) is 12.1 Å². The predicted molar refractivity (Wildman–Crippen MR) is 206 cm³/mol. The van der Waals surface area contributed by atoms with E-state index in [0.717, 1.165) is 51.4 Å². The first-order valence-corrected chi connectivity index (χ1v) is 20.4. The minimum atomic E-state index is -0.876. The molecule has 8 nitrogen and oxygen atoms in total. The van der Waals surface area contributed by atoms with Crippen LogP contribution in [0.4, 0.5) is 0 Å². The number of quaternary nitrogens is 1. The van der Waals surface area contributed by atoms with E-state index in [2.05, 4.69) is 38.2 Å². The lowest BCUT2D eigenvalue weighted by atomic mass is 10.1. The Labute approximate surface area is 307 Å². The van der Waals surface area contributed by atoms with Crippen molar-refractivity contribution in [2.75, 3.05) is 41.0 Å². The van der Waals surface area contributed by atoms with Crippen molar-refractivity contribution in [2.24, 2.45) is 0 Å². The quantitative estimate of drug-likeness (QED) is 0.0299. The van der Waals surface area contributed by atoms with E-state index < -0.39 is 18.1 Å². The first-order chi connectivity index (χ1) is 24.1. The summed E-state index contributed by atoms with van der Waals surface area (Å²) < 4.78 is 17.2. The van der Waals surface area contributed by atoms with Crippen LogP contribution in [0.3, 0.4) is 0 Å². The molecule has 0 aromatic carbocycles. The van der Waals surface area contributed by atoms with E-state index in [4.69, 9.17) is 14.2 Å². The molecule has 0 aromatic rings. The van der Waals surface area contributed by atoms with Gasteiger partial charge in [-0.05, 0) is 44.9 Å². The Morgan fingerprint density at radius 3 is 1.58 bits per heavy atom. The number of rotatable bonds is 36. The molecule has 0 spiro atoms. The highest BCUT2D eigenvalue weighted by atomic mass is 16.6. The van der Waals surface area contributed by atoms with Gasteiger partial charge in [0, 0.05) is 19.3 Å². The van der Waals surface area contributed by atoms with Crippen LogP contribution in [-0.4, -0.2) is 80.6 Å². The summed E-state index contributed by atoms with van der Waals surface area (Å²) in [6.45, 7) is 4.68. The number of ether oxygens (including phenoxy) is 3. The minimum Gasteiger partial charge on any atom is -0.477 e. The highest BCUT2D eigenvalue weighted by Gasteiger charge is 2.31. The molecule has 2 unspecified atom stereocenters. The van der Waals surface area contributed by atoms with E-state index in [1.54, 1.807) is 0 Å². The monoisotopic (exact) mass is 709 g/mol. The lowest BCUT2D eigenvalue weighted by molar-refractivity contribution is -0.887. The summed E-state index contributed by atoms with van der Waals surface area (Å²) in [5.74, 6) is -1.48.